The third-order valence-corrected chi connectivity index (χ3v) is 4.63. The summed E-state index contributed by atoms with van der Waals surface area (Å²) in [6.07, 6.45) is 3.72. The van der Waals surface area contributed by atoms with Gasteiger partial charge in [-0.25, -0.2) is 4.79 Å². The summed E-state index contributed by atoms with van der Waals surface area (Å²) in [5.74, 6) is -1.03. The smallest absolute Gasteiger partial charge is 0.337 e. The number of hydrogen-bond donors (Lipinski definition) is 1. The molecular formula is C21H16ClN3O2. The molecule has 0 atom stereocenters. The molecule has 0 radical (unpaired) electrons. The number of fused-ring (bicyclic) bond motifs is 1. The monoisotopic (exact) mass is 377 g/mol. The molecule has 0 saturated heterocycles. The summed E-state index contributed by atoms with van der Waals surface area (Å²) in [6.45, 7) is 0.700. The Balaban J connectivity index is 1.63. The van der Waals surface area contributed by atoms with Crippen LogP contribution >= 0.6 is 11.6 Å². The fourth-order valence-electron chi connectivity index (χ4n) is 3.12. The highest BCUT2D eigenvalue weighted by atomic mass is 35.5. The molecular weight excluding hydrogens is 362 g/mol. The van der Waals surface area contributed by atoms with Crippen molar-refractivity contribution < 1.29 is 9.90 Å². The van der Waals surface area contributed by atoms with Gasteiger partial charge in [-0.2, -0.15) is 5.10 Å². The molecule has 0 aliphatic rings. The van der Waals surface area contributed by atoms with Crippen LogP contribution in [-0.2, 0) is 13.0 Å². The number of aromatic carboxylic acids is 1. The summed E-state index contributed by atoms with van der Waals surface area (Å²) in [5, 5.41) is 15.2. The van der Waals surface area contributed by atoms with E-state index in [4.69, 9.17) is 11.6 Å². The summed E-state index contributed by atoms with van der Waals surface area (Å²) in [5.41, 5.74) is 3.80. The Morgan fingerprint density at radius 3 is 2.63 bits per heavy atom. The van der Waals surface area contributed by atoms with Gasteiger partial charge >= 0.3 is 5.97 Å². The maximum Gasteiger partial charge on any atom is 0.337 e. The molecule has 4 aromatic rings. The molecule has 6 heteroatoms. The van der Waals surface area contributed by atoms with Crippen molar-refractivity contribution in [3.8, 4) is 0 Å². The van der Waals surface area contributed by atoms with E-state index >= 15 is 0 Å². The lowest BCUT2D eigenvalue weighted by Gasteiger charge is -2.07. The summed E-state index contributed by atoms with van der Waals surface area (Å²) < 4.78 is 1.96. The van der Waals surface area contributed by atoms with Gasteiger partial charge in [-0.1, -0.05) is 48.0 Å². The quantitative estimate of drug-likeness (QED) is 0.559. The van der Waals surface area contributed by atoms with Crippen LogP contribution in [0.4, 0.5) is 0 Å². The van der Waals surface area contributed by atoms with E-state index in [2.05, 4.69) is 22.2 Å². The second-order valence-corrected chi connectivity index (χ2v) is 6.75. The van der Waals surface area contributed by atoms with E-state index in [9.17, 15) is 9.90 Å². The highest BCUT2D eigenvalue weighted by Crippen LogP contribution is 2.21. The predicted octanol–water partition coefficient (Wildman–Crippen LogP) is 4.42. The van der Waals surface area contributed by atoms with Crippen molar-refractivity contribution in [2.75, 3.05) is 0 Å². The van der Waals surface area contributed by atoms with Gasteiger partial charge in [0.15, 0.2) is 0 Å². The molecule has 0 saturated carbocycles. The van der Waals surface area contributed by atoms with Crippen LogP contribution in [0.25, 0.3) is 10.9 Å². The molecule has 0 unspecified atom stereocenters. The highest BCUT2D eigenvalue weighted by molar-refractivity contribution is 6.30. The van der Waals surface area contributed by atoms with Crippen molar-refractivity contribution >= 4 is 28.5 Å². The molecule has 0 aliphatic heterocycles. The zero-order valence-electron chi connectivity index (χ0n) is 14.3. The maximum absolute atomic E-state index is 11.4. The number of aromatic nitrogens is 3. The number of hydrogen-bond acceptors (Lipinski definition) is 3. The lowest BCUT2D eigenvalue weighted by atomic mass is 10.0. The number of carbonyl (C=O) groups is 1. The second-order valence-electron chi connectivity index (χ2n) is 6.31. The Hall–Kier alpha value is -3.18. The molecule has 2 aromatic heterocycles. The number of pyridine rings is 1. The lowest BCUT2D eigenvalue weighted by Crippen LogP contribution is -2.05. The largest absolute Gasteiger partial charge is 0.478 e. The van der Waals surface area contributed by atoms with Crippen LogP contribution in [0.1, 0.15) is 27.2 Å². The van der Waals surface area contributed by atoms with Crippen LogP contribution in [0.2, 0.25) is 5.02 Å². The Morgan fingerprint density at radius 2 is 1.85 bits per heavy atom. The topological polar surface area (TPSA) is 68.0 Å². The van der Waals surface area contributed by atoms with Crippen molar-refractivity contribution in [2.24, 2.45) is 0 Å². The third-order valence-electron chi connectivity index (χ3n) is 4.42. The van der Waals surface area contributed by atoms with Gasteiger partial charge in [-0.15, -0.1) is 0 Å². The summed E-state index contributed by atoms with van der Waals surface area (Å²) in [4.78, 5) is 15.6. The molecule has 2 aromatic carbocycles. The van der Waals surface area contributed by atoms with Crippen LogP contribution in [0.3, 0.4) is 0 Å². The average molecular weight is 378 g/mol. The first-order valence-electron chi connectivity index (χ1n) is 8.46. The average Bonchev–Trinajstić information content (AvgIpc) is 3.06. The fraction of sp³-hybridized carbons (Fsp3) is 0.0952. The van der Waals surface area contributed by atoms with Crippen molar-refractivity contribution in [1.82, 2.24) is 14.8 Å². The number of benzene rings is 2. The highest BCUT2D eigenvalue weighted by Gasteiger charge is 2.13. The van der Waals surface area contributed by atoms with Gasteiger partial charge < -0.3 is 5.11 Å². The van der Waals surface area contributed by atoms with Gasteiger partial charge in [0.2, 0.25) is 0 Å². The van der Waals surface area contributed by atoms with E-state index < -0.39 is 5.97 Å². The molecule has 0 bridgehead atoms. The van der Waals surface area contributed by atoms with Crippen LogP contribution in [0, 0.1) is 0 Å². The Labute approximate surface area is 160 Å². The minimum absolute atomic E-state index is 0.127. The minimum Gasteiger partial charge on any atom is -0.478 e. The van der Waals surface area contributed by atoms with Crippen molar-refractivity contribution in [3.63, 3.8) is 0 Å². The Morgan fingerprint density at radius 1 is 1.04 bits per heavy atom. The van der Waals surface area contributed by atoms with E-state index in [0.717, 1.165) is 16.5 Å². The Kier molecular flexibility index (Phi) is 4.60. The SMILES string of the molecule is O=C(O)c1cc(Cl)cnc1Cc1ccc2c(cnn2Cc2ccccc2)c1. The maximum atomic E-state index is 11.4. The molecule has 0 aliphatic carbocycles. The van der Waals surface area contributed by atoms with Gasteiger partial charge in [0.1, 0.15) is 0 Å². The van der Waals surface area contributed by atoms with Crippen molar-refractivity contribution in [2.45, 2.75) is 13.0 Å². The molecule has 134 valence electrons. The van der Waals surface area contributed by atoms with Crippen LogP contribution in [-0.4, -0.2) is 25.8 Å². The normalized spacial score (nSPS) is 11.0. The molecule has 0 fully saturated rings. The van der Waals surface area contributed by atoms with Gasteiger partial charge in [-0.05, 0) is 29.3 Å². The summed E-state index contributed by atoms with van der Waals surface area (Å²) in [7, 11) is 0. The number of carboxylic acids is 1. The van der Waals surface area contributed by atoms with E-state index in [0.29, 0.717) is 23.7 Å². The first kappa shape index (κ1) is 17.2. The lowest BCUT2D eigenvalue weighted by molar-refractivity contribution is 0.0695. The van der Waals surface area contributed by atoms with Crippen LogP contribution < -0.4 is 0 Å². The van der Waals surface area contributed by atoms with E-state index in [1.54, 1.807) is 0 Å². The van der Waals surface area contributed by atoms with Crippen LogP contribution in [0.5, 0.6) is 0 Å². The number of nitrogens with zero attached hydrogens (tertiary/aromatic N) is 3. The molecule has 5 nitrogen and oxygen atoms in total. The van der Waals surface area contributed by atoms with E-state index in [1.807, 2.05) is 47.3 Å². The summed E-state index contributed by atoms with van der Waals surface area (Å²) in [6, 6.07) is 17.6. The molecule has 0 amide bonds. The van der Waals surface area contributed by atoms with Gasteiger partial charge in [0.05, 0.1) is 34.5 Å². The van der Waals surface area contributed by atoms with Gasteiger partial charge in [0.25, 0.3) is 0 Å². The van der Waals surface area contributed by atoms with Crippen molar-refractivity contribution in [1.29, 1.82) is 0 Å². The predicted molar refractivity (Wildman–Crippen MR) is 104 cm³/mol. The molecule has 1 N–H and O–H groups in total. The van der Waals surface area contributed by atoms with Crippen LogP contribution in [0.15, 0.2) is 67.0 Å². The van der Waals surface area contributed by atoms with Gasteiger partial charge in [-0.3, -0.25) is 9.67 Å². The van der Waals surface area contributed by atoms with E-state index in [-0.39, 0.29) is 5.56 Å². The zero-order chi connectivity index (χ0) is 18.8. The molecule has 27 heavy (non-hydrogen) atoms. The third kappa shape index (κ3) is 3.68. The zero-order valence-corrected chi connectivity index (χ0v) is 15.1. The summed E-state index contributed by atoms with van der Waals surface area (Å²) >= 11 is 5.87. The number of halogens is 1. The molecule has 4 rings (SSSR count). The minimum atomic E-state index is -1.03. The fourth-order valence-corrected chi connectivity index (χ4v) is 3.27. The number of carboxylic acid groups (broad SMARTS) is 1. The molecule has 2 heterocycles. The van der Waals surface area contributed by atoms with E-state index in [1.165, 1.54) is 17.8 Å². The first-order valence-corrected chi connectivity index (χ1v) is 8.84. The van der Waals surface area contributed by atoms with Crippen molar-refractivity contribution in [3.05, 3.63) is 94.4 Å². The Bertz CT molecular complexity index is 1120. The molecule has 0 spiro atoms. The standard InChI is InChI=1S/C21H16ClN3O2/c22-17-10-18(21(26)27)19(23-12-17)9-15-6-7-20-16(8-15)11-24-25(20)13-14-4-2-1-3-5-14/h1-8,10-12H,9,13H2,(H,26,27). The first-order chi connectivity index (χ1) is 13.1. The number of rotatable bonds is 5. The second kappa shape index (κ2) is 7.21. The van der Waals surface area contributed by atoms with Gasteiger partial charge in [0, 0.05) is 18.0 Å².